The van der Waals surface area contributed by atoms with Gasteiger partial charge in [0.2, 0.25) is 10.0 Å². The van der Waals surface area contributed by atoms with E-state index in [1.54, 1.807) is 12.1 Å². The first kappa shape index (κ1) is 19.5. The second-order valence-electron chi connectivity index (χ2n) is 6.81. The number of nitrogens with zero attached hydrogens (tertiary/aromatic N) is 1. The van der Waals surface area contributed by atoms with Gasteiger partial charge in [0.05, 0.1) is 10.5 Å². The van der Waals surface area contributed by atoms with Gasteiger partial charge in [0.1, 0.15) is 5.82 Å². The van der Waals surface area contributed by atoms with Gasteiger partial charge in [0.25, 0.3) is 5.91 Å². The maximum Gasteiger partial charge on any atom is 0.258 e. The quantitative estimate of drug-likeness (QED) is 0.862. The third kappa shape index (κ3) is 4.04. The van der Waals surface area contributed by atoms with Crippen LogP contribution in [0.3, 0.4) is 0 Å². The Morgan fingerprint density at radius 2 is 1.78 bits per heavy atom. The van der Waals surface area contributed by atoms with Crippen LogP contribution < -0.4 is 5.32 Å². The predicted octanol–water partition coefficient (Wildman–Crippen LogP) is 3.87. The van der Waals surface area contributed by atoms with Crippen molar-refractivity contribution < 1.29 is 17.6 Å². The molecule has 0 unspecified atom stereocenters. The van der Waals surface area contributed by atoms with Gasteiger partial charge in [-0.25, -0.2) is 12.8 Å². The molecule has 7 heteroatoms. The summed E-state index contributed by atoms with van der Waals surface area (Å²) < 4.78 is 41.3. The molecule has 3 rings (SSSR count). The van der Waals surface area contributed by atoms with Gasteiger partial charge in [0.15, 0.2) is 0 Å². The molecule has 2 aromatic rings. The van der Waals surface area contributed by atoms with E-state index < -0.39 is 21.7 Å². The minimum Gasteiger partial charge on any atom is -0.322 e. The largest absolute Gasteiger partial charge is 0.322 e. The van der Waals surface area contributed by atoms with Crippen molar-refractivity contribution in [3.8, 4) is 0 Å². The number of hydrogen-bond donors (Lipinski definition) is 1. The Morgan fingerprint density at radius 1 is 1.07 bits per heavy atom. The fraction of sp³-hybridized carbons (Fsp3) is 0.350. The molecule has 1 aliphatic rings. The number of rotatable bonds is 4. The Labute approximate surface area is 159 Å². The van der Waals surface area contributed by atoms with E-state index in [0.29, 0.717) is 18.8 Å². The van der Waals surface area contributed by atoms with Crippen molar-refractivity contribution in [2.75, 3.05) is 18.4 Å². The Hall–Kier alpha value is -2.25. The second kappa shape index (κ2) is 7.78. The van der Waals surface area contributed by atoms with E-state index in [4.69, 9.17) is 0 Å². The monoisotopic (exact) mass is 390 g/mol. The number of carbonyl (C=O) groups excluding carboxylic acids is 1. The van der Waals surface area contributed by atoms with Gasteiger partial charge in [-0.2, -0.15) is 4.31 Å². The lowest BCUT2D eigenvalue weighted by Gasteiger charge is -2.26. The van der Waals surface area contributed by atoms with Crippen LogP contribution in [0.1, 0.15) is 40.7 Å². The summed E-state index contributed by atoms with van der Waals surface area (Å²) in [7, 11) is -3.74. The maximum atomic E-state index is 14.3. The van der Waals surface area contributed by atoms with Gasteiger partial charge in [-0.05, 0) is 62.1 Å². The number of benzene rings is 2. The predicted molar refractivity (Wildman–Crippen MR) is 103 cm³/mol. The molecule has 0 saturated carbocycles. The SMILES string of the molecule is Cc1cccc(NC(=O)c2cc(S(=O)(=O)N3CCCCC3)ccc2F)c1C. The van der Waals surface area contributed by atoms with Crippen LogP contribution in [0.15, 0.2) is 41.3 Å². The van der Waals surface area contributed by atoms with Crippen molar-refractivity contribution in [2.45, 2.75) is 38.0 Å². The molecule has 1 fully saturated rings. The number of carbonyl (C=O) groups is 1. The summed E-state index contributed by atoms with van der Waals surface area (Å²) in [5.41, 5.74) is 2.16. The molecule has 0 atom stereocenters. The third-order valence-corrected chi connectivity index (χ3v) is 6.88. The fourth-order valence-electron chi connectivity index (χ4n) is 3.17. The van der Waals surface area contributed by atoms with Crippen molar-refractivity contribution in [3.63, 3.8) is 0 Å². The summed E-state index contributed by atoms with van der Waals surface area (Å²) in [6.07, 6.45) is 2.61. The van der Waals surface area contributed by atoms with Gasteiger partial charge >= 0.3 is 0 Å². The number of amides is 1. The molecule has 27 heavy (non-hydrogen) atoms. The lowest BCUT2D eigenvalue weighted by Crippen LogP contribution is -2.35. The highest BCUT2D eigenvalue weighted by atomic mass is 32.2. The van der Waals surface area contributed by atoms with Gasteiger partial charge < -0.3 is 5.32 Å². The average molecular weight is 390 g/mol. The number of aryl methyl sites for hydroxylation is 1. The summed E-state index contributed by atoms with van der Waals surface area (Å²) in [5, 5.41) is 2.68. The molecule has 1 heterocycles. The number of sulfonamides is 1. The van der Waals surface area contributed by atoms with Crippen LogP contribution in [0.4, 0.5) is 10.1 Å². The Bertz CT molecular complexity index is 967. The molecule has 0 bridgehead atoms. The second-order valence-corrected chi connectivity index (χ2v) is 8.75. The minimum atomic E-state index is -3.74. The van der Waals surface area contributed by atoms with E-state index in [1.165, 1.54) is 10.4 Å². The molecule has 2 aromatic carbocycles. The highest BCUT2D eigenvalue weighted by molar-refractivity contribution is 7.89. The molecule has 1 saturated heterocycles. The van der Waals surface area contributed by atoms with Gasteiger partial charge in [-0.3, -0.25) is 4.79 Å². The zero-order valence-corrected chi connectivity index (χ0v) is 16.3. The van der Waals surface area contributed by atoms with Crippen LogP contribution in [0.25, 0.3) is 0 Å². The Morgan fingerprint density at radius 3 is 2.48 bits per heavy atom. The van der Waals surface area contributed by atoms with E-state index in [-0.39, 0.29) is 10.5 Å². The molecule has 0 aromatic heterocycles. The van der Waals surface area contributed by atoms with Crippen LogP contribution in [-0.4, -0.2) is 31.7 Å². The molecule has 1 N–H and O–H groups in total. The molecule has 0 spiro atoms. The van der Waals surface area contributed by atoms with Crippen LogP contribution in [0.2, 0.25) is 0 Å². The van der Waals surface area contributed by atoms with Gasteiger partial charge in [0, 0.05) is 18.8 Å². The zero-order valence-electron chi connectivity index (χ0n) is 15.5. The minimum absolute atomic E-state index is 0.0584. The standard InChI is InChI=1S/C20H23FN2O3S/c1-14-7-6-8-19(15(14)2)22-20(24)17-13-16(9-10-18(17)21)27(25,26)23-11-4-3-5-12-23/h6-10,13H,3-5,11-12H2,1-2H3,(H,22,24). The molecular weight excluding hydrogens is 367 g/mol. The molecule has 144 valence electrons. The highest BCUT2D eigenvalue weighted by Crippen LogP contribution is 2.24. The number of nitrogens with one attached hydrogen (secondary N) is 1. The average Bonchev–Trinajstić information content (AvgIpc) is 2.66. The van der Waals surface area contributed by atoms with E-state index in [2.05, 4.69) is 5.32 Å². The Kier molecular flexibility index (Phi) is 5.62. The lowest BCUT2D eigenvalue weighted by molar-refractivity contribution is 0.102. The molecule has 0 radical (unpaired) electrons. The van der Waals surface area contributed by atoms with Crippen LogP contribution >= 0.6 is 0 Å². The van der Waals surface area contributed by atoms with Crippen LogP contribution in [-0.2, 0) is 10.0 Å². The number of anilines is 1. The van der Waals surface area contributed by atoms with Crippen molar-refractivity contribution in [1.82, 2.24) is 4.31 Å². The third-order valence-electron chi connectivity index (χ3n) is 4.99. The lowest BCUT2D eigenvalue weighted by atomic mass is 10.1. The number of piperidine rings is 1. The van der Waals surface area contributed by atoms with E-state index in [9.17, 15) is 17.6 Å². The van der Waals surface area contributed by atoms with Gasteiger partial charge in [-0.1, -0.05) is 18.6 Å². The van der Waals surface area contributed by atoms with Crippen molar-refractivity contribution in [2.24, 2.45) is 0 Å². The van der Waals surface area contributed by atoms with E-state index in [1.807, 2.05) is 19.9 Å². The van der Waals surface area contributed by atoms with Crippen molar-refractivity contribution >= 4 is 21.6 Å². The Balaban J connectivity index is 1.91. The van der Waals surface area contributed by atoms with E-state index in [0.717, 1.165) is 42.5 Å². The summed E-state index contributed by atoms with van der Waals surface area (Å²) >= 11 is 0. The number of halogens is 1. The van der Waals surface area contributed by atoms with Gasteiger partial charge in [-0.15, -0.1) is 0 Å². The molecular formula is C20H23FN2O3S. The maximum absolute atomic E-state index is 14.3. The summed E-state index contributed by atoms with van der Waals surface area (Å²) in [6.45, 7) is 4.67. The molecule has 5 nitrogen and oxygen atoms in total. The smallest absolute Gasteiger partial charge is 0.258 e. The summed E-state index contributed by atoms with van der Waals surface area (Å²) in [6, 6.07) is 8.82. The summed E-state index contributed by atoms with van der Waals surface area (Å²) in [4.78, 5) is 12.5. The molecule has 0 aliphatic carbocycles. The topological polar surface area (TPSA) is 66.5 Å². The normalized spacial score (nSPS) is 15.5. The molecule has 1 aliphatic heterocycles. The number of hydrogen-bond acceptors (Lipinski definition) is 3. The van der Waals surface area contributed by atoms with Crippen LogP contribution in [0, 0.1) is 19.7 Å². The first-order valence-corrected chi connectivity index (χ1v) is 10.4. The fourth-order valence-corrected chi connectivity index (χ4v) is 4.71. The molecule has 1 amide bonds. The summed E-state index contributed by atoms with van der Waals surface area (Å²) in [5.74, 6) is -1.42. The van der Waals surface area contributed by atoms with Crippen molar-refractivity contribution in [3.05, 3.63) is 58.9 Å². The highest BCUT2D eigenvalue weighted by Gasteiger charge is 2.27. The zero-order chi connectivity index (χ0) is 19.6. The van der Waals surface area contributed by atoms with E-state index >= 15 is 0 Å². The van der Waals surface area contributed by atoms with Crippen molar-refractivity contribution in [1.29, 1.82) is 0 Å². The first-order valence-electron chi connectivity index (χ1n) is 8.98. The first-order chi connectivity index (χ1) is 12.8. The van der Waals surface area contributed by atoms with Crippen LogP contribution in [0.5, 0.6) is 0 Å².